The monoisotopic (exact) mass is 163 g/mol. The molecule has 0 aromatic rings. The summed E-state index contributed by atoms with van der Waals surface area (Å²) >= 11 is 0. The first-order valence-electron chi connectivity index (χ1n) is 3.80. The third-order valence-corrected chi connectivity index (χ3v) is 0.897. The third kappa shape index (κ3) is 6.25. The van der Waals surface area contributed by atoms with Gasteiger partial charge in [-0.1, -0.05) is 13.8 Å². The van der Waals surface area contributed by atoms with E-state index in [1.807, 2.05) is 6.92 Å². The quantitative estimate of drug-likeness (QED) is 0.554. The van der Waals surface area contributed by atoms with Gasteiger partial charge in [-0.2, -0.15) is 0 Å². The highest BCUT2D eigenvalue weighted by atomic mass is 17.2. The van der Waals surface area contributed by atoms with Gasteiger partial charge in [0.05, 0.1) is 25.7 Å². The summed E-state index contributed by atoms with van der Waals surface area (Å²) in [5.41, 5.74) is 0. The van der Waals surface area contributed by atoms with Crippen LogP contribution in [-0.2, 0) is 14.5 Å². The molecule has 0 bridgehead atoms. The molecule has 0 aliphatic heterocycles. The SMILES string of the molecule is CCON(OC)OCC(C)C. The minimum absolute atomic E-state index is 0.466. The fourth-order valence-corrected chi connectivity index (χ4v) is 0.458. The summed E-state index contributed by atoms with van der Waals surface area (Å²) in [7, 11) is 1.50. The van der Waals surface area contributed by atoms with Gasteiger partial charge < -0.3 is 0 Å². The summed E-state index contributed by atoms with van der Waals surface area (Å²) in [6.07, 6.45) is 0. The summed E-state index contributed by atoms with van der Waals surface area (Å²) in [5.74, 6) is 0.466. The number of rotatable bonds is 6. The standard InChI is InChI=1S/C7H17NO3/c1-5-10-8(9-4)11-6-7(2)3/h7H,5-6H2,1-4H3. The van der Waals surface area contributed by atoms with Gasteiger partial charge >= 0.3 is 0 Å². The molecule has 4 heteroatoms. The smallest absolute Gasteiger partial charge is 0.0763 e. The molecule has 0 aromatic carbocycles. The predicted molar refractivity (Wildman–Crippen MR) is 41.3 cm³/mol. The lowest BCUT2D eigenvalue weighted by Gasteiger charge is -2.17. The highest BCUT2D eigenvalue weighted by Gasteiger charge is 2.03. The van der Waals surface area contributed by atoms with Crippen molar-refractivity contribution in [2.45, 2.75) is 20.8 Å². The van der Waals surface area contributed by atoms with Gasteiger partial charge in [-0.15, -0.1) is 0 Å². The van der Waals surface area contributed by atoms with Crippen molar-refractivity contribution in [1.82, 2.24) is 5.39 Å². The second-order valence-corrected chi connectivity index (χ2v) is 2.51. The Morgan fingerprint density at radius 2 is 1.91 bits per heavy atom. The molecule has 0 fully saturated rings. The molecule has 0 saturated carbocycles. The lowest BCUT2D eigenvalue weighted by Crippen LogP contribution is -2.25. The minimum atomic E-state index is 0.466. The van der Waals surface area contributed by atoms with E-state index < -0.39 is 0 Å². The Bertz CT molecular complexity index is 87.8. The van der Waals surface area contributed by atoms with Crippen LogP contribution in [0.25, 0.3) is 0 Å². The Kier molecular flexibility index (Phi) is 6.45. The molecule has 0 atom stereocenters. The molecule has 0 aliphatic rings. The molecule has 0 amide bonds. The second-order valence-electron chi connectivity index (χ2n) is 2.51. The van der Waals surface area contributed by atoms with Gasteiger partial charge in [0.2, 0.25) is 0 Å². The molecule has 0 N–H and O–H groups in total. The van der Waals surface area contributed by atoms with E-state index in [0.717, 1.165) is 5.39 Å². The Morgan fingerprint density at radius 3 is 2.27 bits per heavy atom. The number of hydrogen-bond acceptors (Lipinski definition) is 4. The average Bonchev–Trinajstić information content (AvgIpc) is 1.97. The van der Waals surface area contributed by atoms with Crippen LogP contribution in [0.1, 0.15) is 20.8 Å². The predicted octanol–water partition coefficient (Wildman–Crippen LogP) is 1.39. The van der Waals surface area contributed by atoms with E-state index in [-0.39, 0.29) is 0 Å². The zero-order chi connectivity index (χ0) is 8.69. The summed E-state index contributed by atoms with van der Waals surface area (Å²) < 4.78 is 0. The molecule has 0 aliphatic carbocycles. The Hall–Kier alpha value is -0.160. The molecule has 0 rings (SSSR count). The van der Waals surface area contributed by atoms with Gasteiger partial charge in [0.25, 0.3) is 0 Å². The molecule has 11 heavy (non-hydrogen) atoms. The van der Waals surface area contributed by atoms with Crippen LogP contribution in [0.3, 0.4) is 0 Å². The fourth-order valence-electron chi connectivity index (χ4n) is 0.458. The van der Waals surface area contributed by atoms with Crippen LogP contribution in [0.15, 0.2) is 0 Å². The van der Waals surface area contributed by atoms with Crippen LogP contribution in [-0.4, -0.2) is 25.7 Å². The average molecular weight is 163 g/mol. The Balaban J connectivity index is 3.35. The van der Waals surface area contributed by atoms with Crippen molar-refractivity contribution in [1.29, 1.82) is 0 Å². The maximum Gasteiger partial charge on any atom is 0.0763 e. The van der Waals surface area contributed by atoms with Crippen molar-refractivity contribution >= 4 is 0 Å². The summed E-state index contributed by atoms with van der Waals surface area (Å²) in [4.78, 5) is 14.7. The fraction of sp³-hybridized carbons (Fsp3) is 1.00. The van der Waals surface area contributed by atoms with Gasteiger partial charge in [0.1, 0.15) is 0 Å². The maximum absolute atomic E-state index is 5.08. The first-order chi connectivity index (χ1) is 5.20. The molecule has 0 saturated heterocycles. The van der Waals surface area contributed by atoms with Gasteiger partial charge in [-0.05, 0) is 12.8 Å². The van der Waals surface area contributed by atoms with Crippen molar-refractivity contribution in [2.75, 3.05) is 20.3 Å². The van der Waals surface area contributed by atoms with Crippen LogP contribution < -0.4 is 0 Å². The Morgan fingerprint density at radius 1 is 1.27 bits per heavy atom. The first-order valence-corrected chi connectivity index (χ1v) is 3.80. The van der Waals surface area contributed by atoms with Crippen molar-refractivity contribution in [3.05, 3.63) is 0 Å². The van der Waals surface area contributed by atoms with Crippen molar-refractivity contribution in [3.63, 3.8) is 0 Å². The van der Waals surface area contributed by atoms with Crippen molar-refractivity contribution in [3.8, 4) is 0 Å². The molecule has 0 heterocycles. The normalized spacial score (nSPS) is 11.5. The van der Waals surface area contributed by atoms with Crippen molar-refractivity contribution in [2.24, 2.45) is 5.92 Å². The minimum Gasteiger partial charge on any atom is -0.254 e. The van der Waals surface area contributed by atoms with E-state index in [0.29, 0.717) is 19.1 Å². The van der Waals surface area contributed by atoms with E-state index in [1.54, 1.807) is 0 Å². The van der Waals surface area contributed by atoms with Crippen LogP contribution in [0.5, 0.6) is 0 Å². The number of hydrogen-bond donors (Lipinski definition) is 0. The Labute approximate surface area is 67.9 Å². The molecule has 0 unspecified atom stereocenters. The molecule has 4 nitrogen and oxygen atoms in total. The summed E-state index contributed by atoms with van der Waals surface area (Å²) in [6.45, 7) is 7.10. The van der Waals surface area contributed by atoms with E-state index in [9.17, 15) is 0 Å². The van der Waals surface area contributed by atoms with Crippen LogP contribution in [0.2, 0.25) is 0 Å². The lowest BCUT2D eigenvalue weighted by molar-refractivity contribution is -0.519. The van der Waals surface area contributed by atoms with Crippen molar-refractivity contribution < 1.29 is 14.5 Å². The van der Waals surface area contributed by atoms with Crippen LogP contribution >= 0.6 is 0 Å². The summed E-state index contributed by atoms with van der Waals surface area (Å²) in [5, 5.41) is 1.03. The van der Waals surface area contributed by atoms with Gasteiger partial charge in [0, 0.05) is 0 Å². The topological polar surface area (TPSA) is 30.9 Å². The zero-order valence-corrected chi connectivity index (χ0v) is 7.66. The second kappa shape index (κ2) is 6.54. The van der Waals surface area contributed by atoms with Crippen LogP contribution in [0, 0.1) is 5.92 Å². The molecular formula is C7H17NO3. The van der Waals surface area contributed by atoms with E-state index in [1.165, 1.54) is 7.11 Å². The van der Waals surface area contributed by atoms with Gasteiger partial charge in [-0.25, -0.2) is 0 Å². The first kappa shape index (κ1) is 10.8. The lowest BCUT2D eigenvalue weighted by atomic mass is 10.2. The molecule has 0 aromatic heterocycles. The zero-order valence-electron chi connectivity index (χ0n) is 7.66. The van der Waals surface area contributed by atoms with E-state index in [2.05, 4.69) is 13.8 Å². The van der Waals surface area contributed by atoms with Crippen LogP contribution in [0.4, 0.5) is 0 Å². The van der Waals surface area contributed by atoms with Gasteiger partial charge in [-0.3, -0.25) is 14.5 Å². The third-order valence-electron chi connectivity index (χ3n) is 0.897. The summed E-state index contributed by atoms with van der Waals surface area (Å²) in [6, 6.07) is 0. The maximum atomic E-state index is 5.08. The highest BCUT2D eigenvalue weighted by molar-refractivity contribution is 4.35. The van der Waals surface area contributed by atoms with Gasteiger partial charge in [0.15, 0.2) is 0 Å². The number of nitrogens with zero attached hydrogens (tertiary/aromatic N) is 1. The molecule has 0 radical (unpaired) electrons. The molecule has 0 spiro atoms. The highest BCUT2D eigenvalue weighted by Crippen LogP contribution is 1.97. The molecule has 68 valence electrons. The molecular weight excluding hydrogens is 146 g/mol. The van der Waals surface area contributed by atoms with E-state index >= 15 is 0 Å². The largest absolute Gasteiger partial charge is 0.254 e. The van der Waals surface area contributed by atoms with E-state index in [4.69, 9.17) is 14.5 Å².